The van der Waals surface area contributed by atoms with Crippen LogP contribution in [0.4, 0.5) is 0 Å². The van der Waals surface area contributed by atoms with Gasteiger partial charge in [0.2, 0.25) is 11.8 Å². The fraction of sp³-hybridized carbons (Fsp3) is 0.722. The highest BCUT2D eigenvalue weighted by Crippen LogP contribution is 2.23. The van der Waals surface area contributed by atoms with Crippen molar-refractivity contribution in [1.29, 1.82) is 0 Å². The zero-order chi connectivity index (χ0) is 16.9. The highest BCUT2D eigenvalue weighted by molar-refractivity contribution is 5.85. The molecule has 0 unspecified atom stereocenters. The molecule has 1 atom stereocenters. The van der Waals surface area contributed by atoms with Crippen LogP contribution in [0.3, 0.4) is 0 Å². The molecule has 2 fully saturated rings. The Balaban J connectivity index is 1.61. The monoisotopic (exact) mass is 332 g/mol. The number of likely N-dealkylation sites (tertiary alicyclic amines) is 2. The molecule has 2 aliphatic heterocycles. The molecule has 3 rings (SSSR count). The van der Waals surface area contributed by atoms with E-state index in [1.54, 1.807) is 4.90 Å². The van der Waals surface area contributed by atoms with Gasteiger partial charge in [0.1, 0.15) is 5.82 Å². The predicted octanol–water partition coefficient (Wildman–Crippen LogP) is 2.01. The van der Waals surface area contributed by atoms with Crippen molar-refractivity contribution in [3.63, 3.8) is 0 Å². The molecule has 0 N–H and O–H groups in total. The fourth-order valence-corrected chi connectivity index (χ4v) is 3.83. The predicted molar refractivity (Wildman–Crippen MR) is 91.5 cm³/mol. The van der Waals surface area contributed by atoms with Crippen molar-refractivity contribution in [2.45, 2.75) is 57.9 Å². The van der Waals surface area contributed by atoms with Crippen LogP contribution in [0, 0.1) is 0 Å². The number of carbonyl (C=O) groups is 2. The molecule has 24 heavy (non-hydrogen) atoms. The zero-order valence-corrected chi connectivity index (χ0v) is 14.6. The Morgan fingerprint density at radius 3 is 2.96 bits per heavy atom. The summed E-state index contributed by atoms with van der Waals surface area (Å²) in [5.74, 6) is 1.31. The van der Waals surface area contributed by atoms with E-state index in [-0.39, 0.29) is 18.4 Å². The average Bonchev–Trinajstić information content (AvgIpc) is 3.00. The van der Waals surface area contributed by atoms with E-state index < -0.39 is 0 Å². The minimum atomic E-state index is 0.0908. The molecule has 1 aromatic heterocycles. The Bertz CT molecular complexity index is 583. The number of imidazole rings is 1. The van der Waals surface area contributed by atoms with Crippen molar-refractivity contribution in [3.05, 3.63) is 18.2 Å². The van der Waals surface area contributed by atoms with Crippen molar-refractivity contribution in [3.8, 4) is 0 Å². The lowest BCUT2D eigenvalue weighted by atomic mass is 10.0. The third kappa shape index (κ3) is 3.79. The van der Waals surface area contributed by atoms with Gasteiger partial charge in [-0.05, 0) is 25.7 Å². The van der Waals surface area contributed by atoms with Gasteiger partial charge in [-0.15, -0.1) is 0 Å². The number of nitrogens with zero attached hydrogens (tertiary/aromatic N) is 4. The van der Waals surface area contributed by atoms with Crippen LogP contribution in [0.1, 0.15) is 57.3 Å². The van der Waals surface area contributed by atoms with Gasteiger partial charge in [0.25, 0.3) is 0 Å². The van der Waals surface area contributed by atoms with Gasteiger partial charge >= 0.3 is 0 Å². The Labute approximate surface area is 143 Å². The largest absolute Gasteiger partial charge is 0.339 e. The molecule has 0 radical (unpaired) electrons. The SMILES string of the molecule is CCc1nccn1[C@H]1CCCN(C(=O)CN2CCCCCC2=O)C1. The van der Waals surface area contributed by atoms with E-state index in [1.165, 1.54) is 0 Å². The van der Waals surface area contributed by atoms with E-state index in [1.807, 2.05) is 17.3 Å². The second-order valence-electron chi connectivity index (χ2n) is 6.87. The molecule has 6 nitrogen and oxygen atoms in total. The van der Waals surface area contributed by atoms with Crippen molar-refractivity contribution in [2.24, 2.45) is 0 Å². The second-order valence-corrected chi connectivity index (χ2v) is 6.87. The first-order chi connectivity index (χ1) is 11.7. The molecular formula is C18H28N4O2. The molecular weight excluding hydrogens is 304 g/mol. The summed E-state index contributed by atoms with van der Waals surface area (Å²) >= 11 is 0. The van der Waals surface area contributed by atoms with Gasteiger partial charge in [-0.2, -0.15) is 0 Å². The van der Waals surface area contributed by atoms with E-state index in [0.717, 1.165) is 64.0 Å². The summed E-state index contributed by atoms with van der Waals surface area (Å²) in [7, 11) is 0. The van der Waals surface area contributed by atoms with Crippen molar-refractivity contribution >= 4 is 11.8 Å². The minimum absolute atomic E-state index is 0.0908. The van der Waals surface area contributed by atoms with Crippen LogP contribution < -0.4 is 0 Å². The van der Waals surface area contributed by atoms with Crippen LogP contribution in [0.2, 0.25) is 0 Å². The maximum atomic E-state index is 12.7. The first-order valence-electron chi connectivity index (χ1n) is 9.26. The third-order valence-corrected chi connectivity index (χ3v) is 5.21. The maximum Gasteiger partial charge on any atom is 0.242 e. The highest BCUT2D eigenvalue weighted by Gasteiger charge is 2.28. The first-order valence-corrected chi connectivity index (χ1v) is 9.26. The Hall–Kier alpha value is -1.85. The average molecular weight is 332 g/mol. The molecule has 0 spiro atoms. The number of amides is 2. The lowest BCUT2D eigenvalue weighted by Gasteiger charge is -2.35. The smallest absolute Gasteiger partial charge is 0.242 e. The van der Waals surface area contributed by atoms with Gasteiger partial charge in [-0.3, -0.25) is 9.59 Å². The molecule has 6 heteroatoms. The molecule has 0 aromatic carbocycles. The number of hydrogen-bond donors (Lipinski definition) is 0. The van der Waals surface area contributed by atoms with Crippen molar-refractivity contribution in [2.75, 3.05) is 26.2 Å². The van der Waals surface area contributed by atoms with Crippen LogP contribution in [-0.2, 0) is 16.0 Å². The summed E-state index contributed by atoms with van der Waals surface area (Å²) in [4.78, 5) is 32.9. The van der Waals surface area contributed by atoms with Gasteiger partial charge in [-0.1, -0.05) is 13.3 Å². The van der Waals surface area contributed by atoms with Crippen LogP contribution in [0.15, 0.2) is 12.4 Å². The highest BCUT2D eigenvalue weighted by atomic mass is 16.2. The molecule has 0 bridgehead atoms. The number of aryl methyl sites for hydroxylation is 1. The summed E-state index contributed by atoms with van der Waals surface area (Å²) in [6, 6.07) is 0.306. The van der Waals surface area contributed by atoms with E-state index in [0.29, 0.717) is 12.5 Å². The van der Waals surface area contributed by atoms with Gasteiger partial charge < -0.3 is 14.4 Å². The lowest BCUT2D eigenvalue weighted by molar-refractivity contribution is -0.141. The van der Waals surface area contributed by atoms with Crippen LogP contribution in [-0.4, -0.2) is 57.3 Å². The molecule has 2 saturated heterocycles. The standard InChI is InChI=1S/C18H28N4O2/c1-2-16-19-9-12-22(16)15-7-6-11-20(13-15)18(24)14-21-10-5-3-4-8-17(21)23/h9,12,15H,2-8,10-11,13-14H2,1H3/t15-/m0/s1. The first kappa shape index (κ1) is 17.0. The topological polar surface area (TPSA) is 58.4 Å². The Kier molecular flexibility index (Phi) is 5.53. The van der Waals surface area contributed by atoms with Crippen LogP contribution in [0.25, 0.3) is 0 Å². The zero-order valence-electron chi connectivity index (χ0n) is 14.6. The fourth-order valence-electron chi connectivity index (χ4n) is 3.83. The van der Waals surface area contributed by atoms with Gasteiger partial charge in [-0.25, -0.2) is 4.98 Å². The van der Waals surface area contributed by atoms with Gasteiger partial charge in [0, 0.05) is 44.9 Å². The van der Waals surface area contributed by atoms with E-state index in [4.69, 9.17) is 0 Å². The number of piperidine rings is 1. The molecule has 1 aromatic rings. The molecule has 0 saturated carbocycles. The van der Waals surface area contributed by atoms with Gasteiger partial charge in [0.15, 0.2) is 0 Å². The molecule has 2 amide bonds. The molecule has 0 aliphatic carbocycles. The quantitative estimate of drug-likeness (QED) is 0.847. The van der Waals surface area contributed by atoms with E-state index in [2.05, 4.69) is 16.5 Å². The van der Waals surface area contributed by atoms with Crippen molar-refractivity contribution in [1.82, 2.24) is 19.4 Å². The number of rotatable bonds is 4. The summed E-state index contributed by atoms with van der Waals surface area (Å²) < 4.78 is 2.22. The Morgan fingerprint density at radius 1 is 1.25 bits per heavy atom. The summed E-state index contributed by atoms with van der Waals surface area (Å²) in [5.41, 5.74) is 0. The summed E-state index contributed by atoms with van der Waals surface area (Å²) in [5, 5.41) is 0. The van der Waals surface area contributed by atoms with E-state index >= 15 is 0 Å². The third-order valence-electron chi connectivity index (χ3n) is 5.21. The van der Waals surface area contributed by atoms with E-state index in [9.17, 15) is 9.59 Å². The summed E-state index contributed by atoms with van der Waals surface area (Å²) in [6.07, 6.45) is 10.5. The van der Waals surface area contributed by atoms with Gasteiger partial charge in [0.05, 0.1) is 12.6 Å². The maximum absolute atomic E-state index is 12.7. The normalized spacial score (nSPS) is 22.5. The lowest BCUT2D eigenvalue weighted by Crippen LogP contribution is -2.46. The summed E-state index contributed by atoms with van der Waals surface area (Å²) in [6.45, 7) is 4.60. The molecule has 132 valence electrons. The molecule has 3 heterocycles. The molecule has 2 aliphatic rings. The second kappa shape index (κ2) is 7.81. The van der Waals surface area contributed by atoms with Crippen LogP contribution in [0.5, 0.6) is 0 Å². The van der Waals surface area contributed by atoms with Crippen molar-refractivity contribution < 1.29 is 9.59 Å². The number of carbonyl (C=O) groups excluding carboxylic acids is 2. The minimum Gasteiger partial charge on any atom is -0.339 e. The number of aromatic nitrogens is 2. The Morgan fingerprint density at radius 2 is 2.12 bits per heavy atom. The van der Waals surface area contributed by atoms with Crippen LogP contribution >= 0.6 is 0 Å². The number of hydrogen-bond acceptors (Lipinski definition) is 3.